The fourth-order valence-electron chi connectivity index (χ4n) is 7.42. The molecule has 0 saturated heterocycles. The molecule has 0 aromatic rings. The molecule has 0 aliphatic heterocycles. The van der Waals surface area contributed by atoms with Crippen molar-refractivity contribution in [2.45, 2.75) is 264 Å². The number of ether oxygens (including phenoxy) is 1. The van der Waals surface area contributed by atoms with Crippen molar-refractivity contribution in [3.05, 3.63) is 48.6 Å². The minimum Gasteiger partial charge on any atom is -0.466 e. The quantitative estimate of drug-likeness (QED) is 0.0246. The molecule has 3 N–H and O–H groups in total. The molecule has 2 unspecified atom stereocenters. The summed E-state index contributed by atoms with van der Waals surface area (Å²) in [6.07, 6.45) is 59.3. The van der Waals surface area contributed by atoms with Crippen molar-refractivity contribution in [1.82, 2.24) is 5.32 Å². The lowest BCUT2D eigenvalue weighted by Crippen LogP contribution is -2.45. The average Bonchev–Trinajstić information content (AvgIpc) is 3.24. The number of unbranched alkanes of at least 4 members (excludes halogenated alkanes) is 28. The highest BCUT2D eigenvalue weighted by atomic mass is 16.5. The first kappa shape index (κ1) is 56.8. The van der Waals surface area contributed by atoms with E-state index in [1.54, 1.807) is 0 Å². The van der Waals surface area contributed by atoms with Crippen LogP contribution in [0.1, 0.15) is 251 Å². The number of aliphatic hydroxyl groups excluding tert-OH is 2. The Morgan fingerprint density at radius 2 is 0.898 bits per heavy atom. The van der Waals surface area contributed by atoms with Crippen molar-refractivity contribution in [3.63, 3.8) is 0 Å². The van der Waals surface area contributed by atoms with Gasteiger partial charge in [0.25, 0.3) is 0 Å². The number of carbonyl (C=O) groups is 2. The highest BCUT2D eigenvalue weighted by molar-refractivity contribution is 5.76. The molecule has 0 rings (SSSR count). The monoisotopic (exact) mass is 828 g/mol. The molecule has 0 aliphatic rings. The SMILES string of the molecule is CCCCC/C=C\C/C=C\CCCCCCCC(=O)OCCCCC/C=C\C=C/CCCCCCCCC(=O)NC(CO)C(O)CCCCCCCCCCCCCC. The van der Waals surface area contributed by atoms with E-state index in [2.05, 4.69) is 67.8 Å². The molecule has 0 aromatic heterocycles. The van der Waals surface area contributed by atoms with Crippen molar-refractivity contribution in [2.24, 2.45) is 0 Å². The van der Waals surface area contributed by atoms with Crippen LogP contribution in [0.25, 0.3) is 0 Å². The summed E-state index contributed by atoms with van der Waals surface area (Å²) >= 11 is 0. The van der Waals surface area contributed by atoms with Gasteiger partial charge in [-0.05, 0) is 89.9 Å². The van der Waals surface area contributed by atoms with Gasteiger partial charge in [-0.2, -0.15) is 0 Å². The number of hydrogen-bond acceptors (Lipinski definition) is 5. The van der Waals surface area contributed by atoms with Gasteiger partial charge in [0.15, 0.2) is 0 Å². The van der Waals surface area contributed by atoms with Gasteiger partial charge < -0.3 is 20.3 Å². The highest BCUT2D eigenvalue weighted by Gasteiger charge is 2.20. The van der Waals surface area contributed by atoms with E-state index in [4.69, 9.17) is 4.74 Å². The van der Waals surface area contributed by atoms with Crippen molar-refractivity contribution in [3.8, 4) is 0 Å². The third-order valence-electron chi connectivity index (χ3n) is 11.4. The van der Waals surface area contributed by atoms with E-state index in [0.717, 1.165) is 89.9 Å². The van der Waals surface area contributed by atoms with E-state index in [9.17, 15) is 19.8 Å². The molecule has 2 atom stereocenters. The maximum Gasteiger partial charge on any atom is 0.305 e. The van der Waals surface area contributed by atoms with Gasteiger partial charge in [0.1, 0.15) is 0 Å². The number of allylic oxidation sites excluding steroid dienone is 8. The van der Waals surface area contributed by atoms with Gasteiger partial charge in [-0.1, -0.05) is 197 Å². The maximum atomic E-state index is 12.4. The predicted octanol–water partition coefficient (Wildman–Crippen LogP) is 15.1. The van der Waals surface area contributed by atoms with E-state index in [1.165, 1.54) is 128 Å². The van der Waals surface area contributed by atoms with Gasteiger partial charge in [0.05, 0.1) is 25.4 Å². The number of carbonyl (C=O) groups excluding carboxylic acids is 2. The lowest BCUT2D eigenvalue weighted by Gasteiger charge is -2.22. The van der Waals surface area contributed by atoms with Crippen LogP contribution in [0, 0.1) is 0 Å². The first-order valence-corrected chi connectivity index (χ1v) is 25.4. The number of hydrogen-bond donors (Lipinski definition) is 3. The minimum absolute atomic E-state index is 0.0366. The first-order chi connectivity index (χ1) is 29.0. The van der Waals surface area contributed by atoms with Gasteiger partial charge in [0.2, 0.25) is 5.91 Å². The Bertz CT molecular complexity index is 1000. The van der Waals surface area contributed by atoms with Crippen LogP contribution in [-0.4, -0.2) is 47.4 Å². The lowest BCUT2D eigenvalue weighted by atomic mass is 10.0. The van der Waals surface area contributed by atoms with Crippen LogP contribution >= 0.6 is 0 Å². The third kappa shape index (κ3) is 45.2. The van der Waals surface area contributed by atoms with Crippen molar-refractivity contribution >= 4 is 11.9 Å². The molecule has 0 aliphatic carbocycles. The topological polar surface area (TPSA) is 95.9 Å². The number of amides is 1. The molecule has 0 aromatic carbocycles. The van der Waals surface area contributed by atoms with Crippen LogP contribution in [0.2, 0.25) is 0 Å². The number of rotatable bonds is 46. The standard InChI is InChI=1S/C53H97NO5/c1-3-5-7-9-11-13-15-17-19-23-27-31-35-39-43-47-53(58)59-48-44-40-36-32-28-24-21-18-20-22-26-30-34-38-42-46-52(57)54-50(49-55)51(56)45-41-37-33-29-25-16-14-12-10-8-6-4-2/h11,13,17-19,21,24,28,50-51,55-56H,3-10,12,14-16,20,22-23,25-27,29-49H2,1-2H3,(H,54,57)/b13-11-,19-17-,21-18-,28-24-. The van der Waals surface area contributed by atoms with Crippen molar-refractivity contribution in [1.29, 1.82) is 0 Å². The van der Waals surface area contributed by atoms with Crippen LogP contribution < -0.4 is 5.32 Å². The predicted molar refractivity (Wildman–Crippen MR) is 255 cm³/mol. The Labute approximate surface area is 366 Å². The lowest BCUT2D eigenvalue weighted by molar-refractivity contribution is -0.143. The molecule has 59 heavy (non-hydrogen) atoms. The Morgan fingerprint density at radius 1 is 0.492 bits per heavy atom. The zero-order valence-corrected chi connectivity index (χ0v) is 39.0. The maximum absolute atomic E-state index is 12.4. The fourth-order valence-corrected chi connectivity index (χ4v) is 7.42. The van der Waals surface area contributed by atoms with Crippen LogP contribution in [-0.2, 0) is 14.3 Å². The van der Waals surface area contributed by atoms with Crippen LogP contribution in [0.4, 0.5) is 0 Å². The summed E-state index contributed by atoms with van der Waals surface area (Å²) in [5.41, 5.74) is 0. The molecule has 6 heteroatoms. The van der Waals surface area contributed by atoms with Gasteiger partial charge in [-0.3, -0.25) is 9.59 Å². The van der Waals surface area contributed by atoms with E-state index >= 15 is 0 Å². The fraction of sp³-hybridized carbons (Fsp3) is 0.811. The van der Waals surface area contributed by atoms with Gasteiger partial charge in [-0.25, -0.2) is 0 Å². The molecule has 344 valence electrons. The zero-order valence-electron chi connectivity index (χ0n) is 39.0. The Balaban J connectivity index is 3.54. The summed E-state index contributed by atoms with van der Waals surface area (Å²) < 4.78 is 5.43. The molecular weight excluding hydrogens is 731 g/mol. The number of esters is 1. The molecule has 0 heterocycles. The zero-order chi connectivity index (χ0) is 43.0. The molecule has 6 nitrogen and oxygen atoms in total. The smallest absolute Gasteiger partial charge is 0.305 e. The Morgan fingerprint density at radius 3 is 1.42 bits per heavy atom. The van der Waals surface area contributed by atoms with E-state index in [1.807, 2.05) is 0 Å². The summed E-state index contributed by atoms with van der Waals surface area (Å²) in [5, 5.41) is 23.1. The number of nitrogens with one attached hydrogen (secondary N) is 1. The van der Waals surface area contributed by atoms with E-state index in [0.29, 0.717) is 25.9 Å². The van der Waals surface area contributed by atoms with Crippen LogP contribution in [0.3, 0.4) is 0 Å². The van der Waals surface area contributed by atoms with Crippen molar-refractivity contribution in [2.75, 3.05) is 13.2 Å². The molecule has 0 bridgehead atoms. The van der Waals surface area contributed by atoms with Gasteiger partial charge in [-0.15, -0.1) is 0 Å². The minimum atomic E-state index is -0.679. The first-order valence-electron chi connectivity index (χ1n) is 25.4. The summed E-state index contributed by atoms with van der Waals surface area (Å²) in [5.74, 6) is -0.0968. The van der Waals surface area contributed by atoms with E-state index < -0.39 is 12.1 Å². The summed E-state index contributed by atoms with van der Waals surface area (Å²) in [4.78, 5) is 24.4. The summed E-state index contributed by atoms with van der Waals surface area (Å²) in [7, 11) is 0. The molecule has 0 spiro atoms. The Kier molecular flexibility index (Phi) is 46.7. The van der Waals surface area contributed by atoms with Crippen LogP contribution in [0.15, 0.2) is 48.6 Å². The molecule has 0 fully saturated rings. The largest absolute Gasteiger partial charge is 0.466 e. The average molecular weight is 828 g/mol. The third-order valence-corrected chi connectivity index (χ3v) is 11.4. The second-order valence-corrected chi connectivity index (χ2v) is 17.2. The molecule has 0 saturated carbocycles. The van der Waals surface area contributed by atoms with Crippen LogP contribution in [0.5, 0.6) is 0 Å². The molecule has 0 radical (unpaired) electrons. The summed E-state index contributed by atoms with van der Waals surface area (Å²) in [6, 6.07) is -0.558. The number of aliphatic hydroxyl groups is 2. The normalized spacial score (nSPS) is 13.1. The van der Waals surface area contributed by atoms with Crippen molar-refractivity contribution < 1.29 is 24.5 Å². The van der Waals surface area contributed by atoms with E-state index in [-0.39, 0.29) is 18.5 Å². The van der Waals surface area contributed by atoms with Gasteiger partial charge in [0, 0.05) is 12.8 Å². The molecule has 1 amide bonds. The second kappa shape index (κ2) is 48.5. The Hall–Kier alpha value is -2.18. The highest BCUT2D eigenvalue weighted by Crippen LogP contribution is 2.15. The van der Waals surface area contributed by atoms with Gasteiger partial charge >= 0.3 is 5.97 Å². The summed E-state index contributed by atoms with van der Waals surface area (Å²) in [6.45, 7) is 4.84. The molecular formula is C53H97NO5. The second-order valence-electron chi connectivity index (χ2n) is 17.2.